The summed E-state index contributed by atoms with van der Waals surface area (Å²) in [5.41, 5.74) is 5.55. The molecule has 8 heteroatoms. The molecule has 20 heavy (non-hydrogen) atoms. The molecule has 0 spiro atoms. The van der Waals surface area contributed by atoms with Crippen LogP contribution in [0, 0.1) is 0 Å². The van der Waals surface area contributed by atoms with E-state index in [-0.39, 0.29) is 23.3 Å². The Labute approximate surface area is 117 Å². The van der Waals surface area contributed by atoms with E-state index in [4.69, 9.17) is 10.8 Å². The fourth-order valence-corrected chi connectivity index (χ4v) is 2.04. The lowest BCUT2D eigenvalue weighted by Gasteiger charge is -2.15. The van der Waals surface area contributed by atoms with Crippen LogP contribution < -0.4 is 11.1 Å². The molecule has 0 unspecified atom stereocenters. The molecule has 1 rings (SSSR count). The predicted molar refractivity (Wildman–Crippen MR) is 73.6 cm³/mol. The largest absolute Gasteiger partial charge is 0.480 e. The number of carboxylic acids is 1. The van der Waals surface area contributed by atoms with Crippen LogP contribution in [0.4, 0.5) is 0 Å². The van der Waals surface area contributed by atoms with E-state index in [0.717, 1.165) is 0 Å². The molecule has 4 N–H and O–H groups in total. The molecule has 0 aliphatic heterocycles. The van der Waals surface area contributed by atoms with Gasteiger partial charge in [0, 0.05) is 12.0 Å². The van der Waals surface area contributed by atoms with Gasteiger partial charge in [-0.15, -0.1) is 0 Å². The number of carbonyl (C=O) groups excluding carboxylic acids is 1. The molecule has 110 valence electrons. The molecule has 1 aliphatic rings. The minimum Gasteiger partial charge on any atom is -0.480 e. The number of carboxylic acid groups (broad SMARTS) is 1. The molecule has 0 radical (unpaired) electrons. The van der Waals surface area contributed by atoms with Gasteiger partial charge in [0.1, 0.15) is 6.04 Å². The first-order valence-electron chi connectivity index (χ1n) is 6.02. The summed E-state index contributed by atoms with van der Waals surface area (Å²) >= 11 is 0. The zero-order chi connectivity index (χ0) is 15.1. The monoisotopic (exact) mass is 300 g/mol. The fraction of sp³-hybridized carbons (Fsp3) is 0.417. The van der Waals surface area contributed by atoms with Crippen LogP contribution in [-0.2, 0) is 19.9 Å². The lowest BCUT2D eigenvalue weighted by Crippen LogP contribution is -2.41. The molecule has 0 aromatic heterocycles. The van der Waals surface area contributed by atoms with Crippen LogP contribution in [0.15, 0.2) is 23.8 Å². The maximum Gasteiger partial charge on any atom is 0.326 e. The van der Waals surface area contributed by atoms with Gasteiger partial charge in [-0.05, 0) is 31.5 Å². The summed E-state index contributed by atoms with van der Waals surface area (Å²) in [5.74, 6) is -1.67. The highest BCUT2D eigenvalue weighted by molar-refractivity contribution is 7.73. The summed E-state index contributed by atoms with van der Waals surface area (Å²) in [6.45, 7) is 0.343. The van der Waals surface area contributed by atoms with E-state index >= 15 is 0 Å². The Balaban J connectivity index is 2.70. The fourth-order valence-electron chi connectivity index (χ4n) is 1.64. The van der Waals surface area contributed by atoms with Crippen molar-refractivity contribution in [2.45, 2.75) is 25.3 Å². The second-order valence-corrected chi connectivity index (χ2v) is 5.19. The molecule has 0 bridgehead atoms. The third kappa shape index (κ3) is 4.63. The first-order valence-corrected chi connectivity index (χ1v) is 7.10. The molecule has 0 fully saturated rings. The minimum absolute atomic E-state index is 0.121. The van der Waals surface area contributed by atoms with Crippen molar-refractivity contribution in [3.63, 3.8) is 0 Å². The molecule has 0 aromatic rings. The van der Waals surface area contributed by atoms with Crippen LogP contribution in [0.5, 0.6) is 0 Å². The minimum atomic E-state index is -2.31. The number of nitrogens with two attached hydrogens (primary N) is 1. The molecular weight excluding hydrogens is 284 g/mol. The van der Waals surface area contributed by atoms with Crippen LogP contribution in [0.25, 0.3) is 0 Å². The number of carbonyl (C=O) groups is 2. The first kappa shape index (κ1) is 16.1. The molecule has 0 saturated heterocycles. The Morgan fingerprint density at radius 1 is 1.40 bits per heavy atom. The van der Waals surface area contributed by atoms with Crippen molar-refractivity contribution in [1.29, 1.82) is 0 Å². The molecule has 1 amide bonds. The van der Waals surface area contributed by atoms with E-state index in [9.17, 15) is 18.0 Å². The molecule has 0 saturated carbocycles. The van der Waals surface area contributed by atoms with Gasteiger partial charge in [-0.3, -0.25) is 4.79 Å². The standard InChI is InChI=1S/C12H16N2O5S/c13-7-1-2-10(12(16)17)14-11(15)8-3-5-9(6-4-8)20(18)19/h3-5,10H,1-2,6-7,13H2,(H,14,15)(H,16,17)/t10-/m0/s1. The summed E-state index contributed by atoms with van der Waals surface area (Å²) in [5, 5.41) is 11.4. The number of rotatable bonds is 6. The Bertz CT molecular complexity index is 581. The normalized spacial score (nSPS) is 15.4. The number of aliphatic carboxylic acids is 1. The van der Waals surface area contributed by atoms with E-state index in [1.54, 1.807) is 0 Å². The van der Waals surface area contributed by atoms with Crippen molar-refractivity contribution >= 4 is 27.0 Å². The second kappa shape index (κ2) is 7.61. The Hall–Kier alpha value is -1.93. The van der Waals surface area contributed by atoms with E-state index in [1.165, 1.54) is 18.2 Å². The number of allylic oxidation sites excluding steroid dienone is 2. The van der Waals surface area contributed by atoms with Crippen molar-refractivity contribution in [2.75, 3.05) is 6.54 Å². The van der Waals surface area contributed by atoms with Gasteiger partial charge in [0.15, 0.2) is 0 Å². The van der Waals surface area contributed by atoms with E-state index in [1.807, 2.05) is 0 Å². The van der Waals surface area contributed by atoms with Crippen LogP contribution in [0.1, 0.15) is 19.3 Å². The van der Waals surface area contributed by atoms with Gasteiger partial charge >= 0.3 is 5.97 Å². The average Bonchev–Trinajstić information content (AvgIpc) is 2.42. The van der Waals surface area contributed by atoms with E-state index < -0.39 is 28.2 Å². The highest BCUT2D eigenvalue weighted by Gasteiger charge is 2.21. The highest BCUT2D eigenvalue weighted by atomic mass is 32.2. The predicted octanol–water partition coefficient (Wildman–Crippen LogP) is -0.767. The van der Waals surface area contributed by atoms with Crippen molar-refractivity contribution in [1.82, 2.24) is 5.32 Å². The van der Waals surface area contributed by atoms with Crippen molar-refractivity contribution < 1.29 is 23.1 Å². The Kier molecular flexibility index (Phi) is 6.13. The highest BCUT2D eigenvalue weighted by Crippen LogP contribution is 2.09. The van der Waals surface area contributed by atoms with Crippen molar-refractivity contribution in [3.8, 4) is 0 Å². The summed E-state index contributed by atoms with van der Waals surface area (Å²) in [6, 6.07) is -1.00. The van der Waals surface area contributed by atoms with Crippen LogP contribution in [-0.4, -0.2) is 42.9 Å². The van der Waals surface area contributed by atoms with Gasteiger partial charge in [-0.2, -0.15) is 8.42 Å². The zero-order valence-corrected chi connectivity index (χ0v) is 11.5. The summed E-state index contributed by atoms with van der Waals surface area (Å²) in [6.07, 6.45) is 4.98. The van der Waals surface area contributed by atoms with Gasteiger partial charge in [-0.25, -0.2) is 4.79 Å². The zero-order valence-electron chi connectivity index (χ0n) is 10.7. The molecule has 0 heterocycles. The Morgan fingerprint density at radius 3 is 2.55 bits per heavy atom. The molecule has 7 nitrogen and oxygen atoms in total. The summed E-state index contributed by atoms with van der Waals surface area (Å²) in [7, 11) is -2.31. The van der Waals surface area contributed by atoms with Crippen LogP contribution in [0.3, 0.4) is 0 Å². The molecular formula is C12H16N2O5S. The van der Waals surface area contributed by atoms with Crippen LogP contribution >= 0.6 is 0 Å². The van der Waals surface area contributed by atoms with Crippen molar-refractivity contribution in [3.05, 3.63) is 23.8 Å². The maximum absolute atomic E-state index is 11.9. The SMILES string of the molecule is NCCC[C@H](NC(=O)C1=CCC(=S(=O)=O)C=C1)C(=O)O. The van der Waals surface area contributed by atoms with E-state index in [0.29, 0.717) is 13.0 Å². The number of hydrogen-bond acceptors (Lipinski definition) is 5. The lowest BCUT2D eigenvalue weighted by molar-refractivity contribution is -0.141. The summed E-state index contributed by atoms with van der Waals surface area (Å²) in [4.78, 5) is 23.0. The maximum atomic E-state index is 11.9. The first-order chi connectivity index (χ1) is 9.45. The number of hydrogen-bond donors (Lipinski definition) is 3. The number of amides is 1. The Morgan fingerprint density at radius 2 is 2.10 bits per heavy atom. The quantitative estimate of drug-likeness (QED) is 0.553. The molecule has 0 aromatic carbocycles. The topological polar surface area (TPSA) is 127 Å². The lowest BCUT2D eigenvalue weighted by atomic mass is 10.1. The molecule has 1 aliphatic carbocycles. The smallest absolute Gasteiger partial charge is 0.326 e. The van der Waals surface area contributed by atoms with Gasteiger partial charge in [0.05, 0.1) is 4.86 Å². The third-order valence-electron chi connectivity index (χ3n) is 2.75. The second-order valence-electron chi connectivity index (χ2n) is 4.19. The number of nitrogens with one attached hydrogen (secondary N) is 1. The molecule has 1 atom stereocenters. The average molecular weight is 300 g/mol. The van der Waals surface area contributed by atoms with Gasteiger partial charge < -0.3 is 16.2 Å². The van der Waals surface area contributed by atoms with Gasteiger partial charge in [0.2, 0.25) is 10.3 Å². The van der Waals surface area contributed by atoms with Crippen LogP contribution in [0.2, 0.25) is 0 Å². The summed E-state index contributed by atoms with van der Waals surface area (Å²) < 4.78 is 21.4. The third-order valence-corrected chi connectivity index (χ3v) is 3.48. The van der Waals surface area contributed by atoms with Crippen molar-refractivity contribution in [2.24, 2.45) is 5.73 Å². The van der Waals surface area contributed by atoms with E-state index in [2.05, 4.69) is 5.32 Å². The van der Waals surface area contributed by atoms with Gasteiger partial charge in [-0.1, -0.05) is 6.08 Å². The van der Waals surface area contributed by atoms with Gasteiger partial charge in [0.25, 0.3) is 5.91 Å².